The number of halogens is 3. The van der Waals surface area contributed by atoms with Gasteiger partial charge in [0.25, 0.3) is 5.91 Å². The lowest BCUT2D eigenvalue weighted by Gasteiger charge is -2.34. The normalized spacial score (nSPS) is 14.2. The molecule has 40 heavy (non-hydrogen) atoms. The number of hydrogen-bond acceptors (Lipinski definition) is 6. The third-order valence-electron chi connectivity index (χ3n) is 7.04. The lowest BCUT2D eigenvalue weighted by atomic mass is 9.98. The third-order valence-corrected chi connectivity index (χ3v) is 7.04. The first-order valence-electron chi connectivity index (χ1n) is 13.1. The van der Waals surface area contributed by atoms with Crippen LogP contribution in [0.25, 0.3) is 11.3 Å². The van der Waals surface area contributed by atoms with E-state index in [0.29, 0.717) is 36.3 Å². The smallest absolute Gasteiger partial charge is 0.371 e. The molecular weight excluding hydrogens is 517 g/mol. The van der Waals surface area contributed by atoms with Crippen molar-refractivity contribution in [2.45, 2.75) is 32.9 Å². The number of pyridine rings is 1. The summed E-state index contributed by atoms with van der Waals surface area (Å²) in [7, 11) is 0. The number of aromatic nitrogens is 3. The number of benzene rings is 2. The molecule has 1 amide bonds. The number of amides is 1. The molecule has 1 aliphatic heterocycles. The second kappa shape index (κ2) is 11.3. The van der Waals surface area contributed by atoms with Gasteiger partial charge in [0.2, 0.25) is 5.95 Å². The molecule has 2 aromatic carbocycles. The highest BCUT2D eigenvalue weighted by Gasteiger charge is 2.36. The van der Waals surface area contributed by atoms with Gasteiger partial charge in [0.1, 0.15) is 0 Å². The maximum atomic E-state index is 14.0. The lowest BCUT2D eigenvalue weighted by Crippen LogP contribution is -2.34. The average molecular weight is 547 g/mol. The van der Waals surface area contributed by atoms with Gasteiger partial charge in [-0.2, -0.15) is 13.2 Å². The number of nitrogens with one attached hydrogen (secondary N) is 2. The van der Waals surface area contributed by atoms with E-state index in [0.717, 1.165) is 30.0 Å². The molecule has 0 atom stereocenters. The van der Waals surface area contributed by atoms with Crippen LogP contribution in [0.1, 0.15) is 41.3 Å². The Hall–Kier alpha value is -4.47. The summed E-state index contributed by atoms with van der Waals surface area (Å²) >= 11 is 0. The van der Waals surface area contributed by atoms with E-state index in [1.54, 1.807) is 47.8 Å². The Morgan fingerprint density at radius 1 is 1.02 bits per heavy atom. The summed E-state index contributed by atoms with van der Waals surface area (Å²) < 4.78 is 42.0. The second-order valence-corrected chi connectivity index (χ2v) is 10.0. The van der Waals surface area contributed by atoms with E-state index in [9.17, 15) is 18.0 Å². The fourth-order valence-electron chi connectivity index (χ4n) is 4.68. The van der Waals surface area contributed by atoms with E-state index < -0.39 is 17.6 Å². The fraction of sp³-hybridized carbons (Fsp3) is 0.267. The van der Waals surface area contributed by atoms with Crippen LogP contribution in [0.3, 0.4) is 0 Å². The quantitative estimate of drug-likeness (QED) is 0.269. The Labute approximate surface area is 230 Å². The number of aryl methyl sites for hydroxylation is 1. The number of carbonyl (C=O) groups is 1. The van der Waals surface area contributed by atoms with Crippen molar-refractivity contribution >= 4 is 28.9 Å². The van der Waals surface area contributed by atoms with Crippen LogP contribution in [0, 0.1) is 12.8 Å². The molecule has 1 saturated heterocycles. The predicted octanol–water partition coefficient (Wildman–Crippen LogP) is 7.10. The Kier molecular flexibility index (Phi) is 7.68. The average Bonchev–Trinajstić information content (AvgIpc) is 2.95. The minimum atomic E-state index is -4.55. The van der Waals surface area contributed by atoms with Crippen LogP contribution in [0.4, 0.5) is 36.2 Å². The molecule has 0 aliphatic carbocycles. The van der Waals surface area contributed by atoms with Gasteiger partial charge in [-0.1, -0.05) is 13.0 Å². The number of alkyl halides is 3. The molecule has 0 saturated carbocycles. The van der Waals surface area contributed by atoms with Gasteiger partial charge in [0, 0.05) is 59.9 Å². The molecule has 4 aromatic rings. The second-order valence-electron chi connectivity index (χ2n) is 10.0. The van der Waals surface area contributed by atoms with Crippen molar-refractivity contribution in [3.63, 3.8) is 0 Å². The van der Waals surface area contributed by atoms with E-state index in [1.165, 1.54) is 12.1 Å². The van der Waals surface area contributed by atoms with Crippen molar-refractivity contribution in [2.75, 3.05) is 28.6 Å². The summed E-state index contributed by atoms with van der Waals surface area (Å²) in [6.07, 6.45) is 2.14. The number of carbonyl (C=O) groups excluding carboxylic acids is 1. The van der Waals surface area contributed by atoms with Gasteiger partial charge in [-0.25, -0.2) is 9.97 Å². The first kappa shape index (κ1) is 27.1. The molecule has 0 spiro atoms. The van der Waals surface area contributed by atoms with Crippen LogP contribution < -0.4 is 15.5 Å². The monoisotopic (exact) mass is 546 g/mol. The van der Waals surface area contributed by atoms with E-state index in [4.69, 9.17) is 0 Å². The summed E-state index contributed by atoms with van der Waals surface area (Å²) in [5.41, 5.74) is 2.70. The molecule has 3 heterocycles. The Morgan fingerprint density at radius 3 is 2.55 bits per heavy atom. The number of hydrogen-bond donors (Lipinski definition) is 2. The number of anilines is 4. The van der Waals surface area contributed by atoms with Crippen molar-refractivity contribution in [1.29, 1.82) is 0 Å². The van der Waals surface area contributed by atoms with Crippen molar-refractivity contribution in [1.82, 2.24) is 15.0 Å². The minimum Gasteiger partial charge on any atom is -0.371 e. The van der Waals surface area contributed by atoms with Crippen LogP contribution in [0.5, 0.6) is 0 Å². The molecule has 2 N–H and O–H groups in total. The summed E-state index contributed by atoms with van der Waals surface area (Å²) in [6.45, 7) is 5.12. The van der Waals surface area contributed by atoms with Gasteiger partial charge in [-0.3, -0.25) is 9.78 Å². The van der Waals surface area contributed by atoms with E-state index in [-0.39, 0.29) is 16.9 Å². The van der Waals surface area contributed by atoms with Crippen molar-refractivity contribution < 1.29 is 18.0 Å². The van der Waals surface area contributed by atoms with Crippen molar-refractivity contribution in [3.8, 4) is 11.3 Å². The Bertz CT molecular complexity index is 1500. The van der Waals surface area contributed by atoms with E-state index >= 15 is 0 Å². The van der Waals surface area contributed by atoms with Gasteiger partial charge in [-0.15, -0.1) is 0 Å². The summed E-state index contributed by atoms with van der Waals surface area (Å²) in [5.74, 6) is 0.301. The maximum Gasteiger partial charge on any atom is 0.418 e. The maximum absolute atomic E-state index is 14.0. The fourth-order valence-corrected chi connectivity index (χ4v) is 4.68. The molecule has 10 heteroatoms. The molecule has 0 bridgehead atoms. The number of rotatable bonds is 6. The molecule has 1 fully saturated rings. The van der Waals surface area contributed by atoms with Crippen LogP contribution >= 0.6 is 0 Å². The molecule has 0 radical (unpaired) electrons. The lowest BCUT2D eigenvalue weighted by molar-refractivity contribution is -0.137. The van der Waals surface area contributed by atoms with Crippen molar-refractivity contribution in [2.24, 2.45) is 5.92 Å². The molecular formula is C30H29F3N6O. The molecule has 1 aliphatic rings. The van der Waals surface area contributed by atoms with Crippen LogP contribution in [0.15, 0.2) is 73.2 Å². The standard InChI is InChI=1S/C30H29F3N6O/c1-19-10-14-39(15-11-19)27-8-7-23(17-24(27)30(31,32)33)36-28(40)21-6-5-20(2)26(16-21)38-29-35-13-9-25(37-29)22-4-3-12-34-18-22/h3-9,12-13,16-19H,10-11,14-15H2,1-2H3,(H,36,40)(H,35,37,38). The number of piperidine rings is 1. The summed E-state index contributed by atoms with van der Waals surface area (Å²) in [4.78, 5) is 27.8. The van der Waals surface area contributed by atoms with Gasteiger partial charge in [0.15, 0.2) is 0 Å². The van der Waals surface area contributed by atoms with Gasteiger partial charge >= 0.3 is 6.18 Å². The molecule has 7 nitrogen and oxygen atoms in total. The van der Waals surface area contributed by atoms with Crippen LogP contribution in [-0.2, 0) is 6.18 Å². The summed E-state index contributed by atoms with van der Waals surface area (Å²) in [5, 5.41) is 5.77. The largest absolute Gasteiger partial charge is 0.418 e. The topological polar surface area (TPSA) is 83.0 Å². The summed E-state index contributed by atoms with van der Waals surface area (Å²) in [6, 6.07) is 14.4. The van der Waals surface area contributed by atoms with Crippen LogP contribution in [0.2, 0.25) is 0 Å². The van der Waals surface area contributed by atoms with E-state index in [1.807, 2.05) is 19.1 Å². The van der Waals surface area contributed by atoms with Gasteiger partial charge in [-0.05, 0) is 79.8 Å². The highest BCUT2D eigenvalue weighted by molar-refractivity contribution is 6.05. The SMILES string of the molecule is Cc1ccc(C(=O)Nc2ccc(N3CCC(C)CC3)c(C(F)(F)F)c2)cc1Nc1nccc(-c2cccnc2)n1. The molecule has 206 valence electrons. The Morgan fingerprint density at radius 2 is 1.82 bits per heavy atom. The minimum absolute atomic E-state index is 0.0778. The van der Waals surface area contributed by atoms with E-state index in [2.05, 4.69) is 32.5 Å². The zero-order valence-corrected chi connectivity index (χ0v) is 22.2. The zero-order valence-electron chi connectivity index (χ0n) is 22.2. The van der Waals surface area contributed by atoms with Gasteiger partial charge in [0.05, 0.1) is 11.3 Å². The molecule has 2 aromatic heterocycles. The van der Waals surface area contributed by atoms with Crippen molar-refractivity contribution in [3.05, 3.63) is 89.9 Å². The first-order chi connectivity index (χ1) is 19.2. The highest BCUT2D eigenvalue weighted by Crippen LogP contribution is 2.39. The zero-order chi connectivity index (χ0) is 28.3. The van der Waals surface area contributed by atoms with Gasteiger partial charge < -0.3 is 15.5 Å². The highest BCUT2D eigenvalue weighted by atomic mass is 19.4. The first-order valence-corrected chi connectivity index (χ1v) is 13.1. The Balaban J connectivity index is 1.35. The third kappa shape index (κ3) is 6.22. The van der Waals surface area contributed by atoms with Crippen LogP contribution in [-0.4, -0.2) is 33.9 Å². The molecule has 5 rings (SSSR count). The molecule has 0 unspecified atom stereocenters. The predicted molar refractivity (Wildman–Crippen MR) is 150 cm³/mol. The number of nitrogens with zero attached hydrogens (tertiary/aromatic N) is 4.